The van der Waals surface area contributed by atoms with Crippen molar-refractivity contribution in [2.75, 3.05) is 13.7 Å². The van der Waals surface area contributed by atoms with Crippen LogP contribution in [0.25, 0.3) is 22.2 Å². The molecule has 0 bridgehead atoms. The molecule has 1 aromatic heterocycles. The summed E-state index contributed by atoms with van der Waals surface area (Å²) in [5.74, 6) is -1.15. The number of hydrogen-bond acceptors (Lipinski definition) is 10. The van der Waals surface area contributed by atoms with Crippen LogP contribution in [0.2, 0.25) is 19.6 Å². The molecule has 326 valence electrons. The Bertz CT molecular complexity index is 2260. The number of hydrogen-bond donors (Lipinski definition) is 3. The quantitative estimate of drug-likeness (QED) is 0.164. The van der Waals surface area contributed by atoms with Crippen LogP contribution in [0.15, 0.2) is 54.6 Å². The zero-order valence-electron chi connectivity index (χ0n) is 36.7. The van der Waals surface area contributed by atoms with Crippen LogP contribution in [0.3, 0.4) is 0 Å². The average molecular weight is 864 g/mol. The first-order valence-corrected chi connectivity index (χ1v) is 25.7. The van der Waals surface area contributed by atoms with E-state index in [0.717, 1.165) is 5.56 Å². The summed E-state index contributed by atoms with van der Waals surface area (Å²) in [6.45, 7) is 18.4. The van der Waals surface area contributed by atoms with Gasteiger partial charge in [0.15, 0.2) is 0 Å². The molecule has 16 heteroatoms. The fourth-order valence-electron chi connectivity index (χ4n) is 8.41. The van der Waals surface area contributed by atoms with Gasteiger partial charge in [0.25, 0.3) is 5.91 Å². The van der Waals surface area contributed by atoms with E-state index in [2.05, 4.69) is 15.4 Å². The number of pyridine rings is 1. The zero-order valence-corrected chi connectivity index (χ0v) is 38.5. The summed E-state index contributed by atoms with van der Waals surface area (Å²) in [6.07, 6.45) is 0.263. The van der Waals surface area contributed by atoms with E-state index in [9.17, 15) is 27.6 Å². The molecule has 2 aliphatic carbocycles. The summed E-state index contributed by atoms with van der Waals surface area (Å²) in [4.78, 5) is 63.1. The Morgan fingerprint density at radius 3 is 2.20 bits per heavy atom. The second-order valence-corrected chi connectivity index (χ2v) is 27.4. The minimum absolute atomic E-state index is 0.0348. The Morgan fingerprint density at radius 1 is 0.983 bits per heavy atom. The monoisotopic (exact) mass is 863 g/mol. The Labute approximate surface area is 354 Å². The Hall–Kier alpha value is -4.70. The minimum Gasteiger partial charge on any atom is -0.497 e. The highest BCUT2D eigenvalue weighted by atomic mass is 32.2. The highest BCUT2D eigenvalue weighted by Gasteiger charge is 2.66. The number of aromatic nitrogens is 1. The summed E-state index contributed by atoms with van der Waals surface area (Å²) in [5, 5.41) is 6.39. The van der Waals surface area contributed by atoms with Crippen LogP contribution >= 0.6 is 0 Å². The molecule has 60 heavy (non-hydrogen) atoms. The van der Waals surface area contributed by atoms with E-state index in [1.54, 1.807) is 54.7 Å². The van der Waals surface area contributed by atoms with Crippen LogP contribution in [0.4, 0.5) is 4.79 Å². The van der Waals surface area contributed by atoms with Crippen molar-refractivity contribution in [2.45, 2.75) is 134 Å². The molecule has 2 heterocycles. The first-order valence-electron chi connectivity index (χ1n) is 20.7. The van der Waals surface area contributed by atoms with Gasteiger partial charge in [-0.1, -0.05) is 84.1 Å². The lowest BCUT2D eigenvalue weighted by atomic mass is 9.85. The predicted molar refractivity (Wildman–Crippen MR) is 233 cm³/mol. The normalized spacial score (nSPS) is 23.0. The lowest BCUT2D eigenvalue weighted by Crippen LogP contribution is -2.61. The molecule has 3 fully saturated rings. The molecule has 5 atom stereocenters. The average Bonchev–Trinajstić information content (AvgIpc) is 4.07. The van der Waals surface area contributed by atoms with Gasteiger partial charge in [-0.05, 0) is 63.5 Å². The van der Waals surface area contributed by atoms with Crippen LogP contribution in [0, 0.1) is 11.3 Å². The van der Waals surface area contributed by atoms with Crippen molar-refractivity contribution in [1.29, 1.82) is 0 Å². The molecule has 5 unspecified atom stereocenters. The zero-order chi connectivity index (χ0) is 44.2. The number of carbonyl (C=O) groups excluding carboxylic acids is 4. The lowest BCUT2D eigenvalue weighted by Gasteiger charge is -2.36. The maximum Gasteiger partial charge on any atom is 0.408 e. The largest absolute Gasteiger partial charge is 0.497 e. The lowest BCUT2D eigenvalue weighted by molar-refractivity contribution is -0.143. The summed E-state index contributed by atoms with van der Waals surface area (Å²) in [6, 6.07) is 14.6. The van der Waals surface area contributed by atoms with Crippen LogP contribution in [-0.2, 0) is 29.1 Å². The van der Waals surface area contributed by atoms with Crippen LogP contribution in [-0.4, -0.2) is 97.5 Å². The summed E-state index contributed by atoms with van der Waals surface area (Å²) in [5.41, 5.74) is -1.03. The van der Waals surface area contributed by atoms with Gasteiger partial charge in [-0.2, -0.15) is 0 Å². The molecule has 4 amide bonds. The van der Waals surface area contributed by atoms with Crippen LogP contribution in [0.1, 0.15) is 80.6 Å². The third-order valence-electron chi connectivity index (χ3n) is 12.1. The Kier molecular flexibility index (Phi) is 11.9. The number of carbonyl (C=O) groups is 4. The van der Waals surface area contributed by atoms with E-state index in [-0.39, 0.29) is 25.3 Å². The van der Waals surface area contributed by atoms with Gasteiger partial charge in [0, 0.05) is 29.5 Å². The second kappa shape index (κ2) is 16.0. The van der Waals surface area contributed by atoms with Gasteiger partial charge < -0.3 is 29.7 Å². The molecule has 1 aliphatic heterocycles. The molecular weight excluding hydrogens is 803 g/mol. The van der Waals surface area contributed by atoms with Crippen molar-refractivity contribution < 1.29 is 41.8 Å². The van der Waals surface area contributed by atoms with Crippen LogP contribution in [0.5, 0.6) is 11.5 Å². The van der Waals surface area contributed by atoms with Crippen LogP contribution < -0.4 is 24.8 Å². The van der Waals surface area contributed by atoms with Gasteiger partial charge in [0.1, 0.15) is 40.8 Å². The van der Waals surface area contributed by atoms with Crippen molar-refractivity contribution in [3.63, 3.8) is 0 Å². The van der Waals surface area contributed by atoms with Gasteiger partial charge >= 0.3 is 6.09 Å². The standard InChI is InChI=1S/C44H61N5O9SSi/c1-12-28-25-44(28,39(52)48-59(54,55)43(20-21-43)60(9,10)11)47-37(50)34-23-30(26-49(34)38(51)36(41(2,3)4)46-40(53)58-42(5,6)7)57-35-24-32(27-16-14-13-15-17-27)45-33-22-29(56-8)18-19-31(33)35/h13-19,22,24,28,30,34,36H,12,20-21,23,25-26H2,1-11H3,(H,46,53)(H,47,50)(H,48,52). The second-order valence-electron chi connectivity index (χ2n) is 19.6. The van der Waals surface area contributed by atoms with E-state index in [1.165, 1.54) is 4.90 Å². The Balaban J connectivity index is 1.35. The number of benzene rings is 2. The molecule has 1 saturated heterocycles. The number of likely N-dealkylation sites (tertiary alicyclic amines) is 1. The van der Waals surface area contributed by atoms with Gasteiger partial charge in [-0.25, -0.2) is 18.2 Å². The molecule has 0 radical (unpaired) electrons. The molecule has 3 N–H and O–H groups in total. The topological polar surface area (TPSA) is 182 Å². The molecule has 2 saturated carbocycles. The number of nitrogens with one attached hydrogen (secondary N) is 3. The smallest absolute Gasteiger partial charge is 0.408 e. The number of amides is 4. The summed E-state index contributed by atoms with van der Waals surface area (Å²) < 4.78 is 46.8. The third-order valence-corrected chi connectivity index (χ3v) is 19.9. The van der Waals surface area contributed by atoms with Gasteiger partial charge in [-0.3, -0.25) is 19.1 Å². The first kappa shape index (κ1) is 44.8. The van der Waals surface area contributed by atoms with E-state index >= 15 is 0 Å². The summed E-state index contributed by atoms with van der Waals surface area (Å²) in [7, 11) is -4.71. The molecule has 3 aliphatic rings. The molecule has 2 aromatic carbocycles. The summed E-state index contributed by atoms with van der Waals surface area (Å²) >= 11 is 0. The van der Waals surface area contributed by atoms with Gasteiger partial charge in [0.05, 0.1) is 37.3 Å². The highest BCUT2D eigenvalue weighted by Crippen LogP contribution is 2.52. The van der Waals surface area contributed by atoms with E-state index in [4.69, 9.17) is 19.2 Å². The minimum atomic E-state index is -4.04. The van der Waals surface area contributed by atoms with Crippen molar-refractivity contribution in [3.8, 4) is 22.8 Å². The number of sulfonamides is 1. The van der Waals surface area contributed by atoms with Crippen molar-refractivity contribution in [1.82, 2.24) is 25.2 Å². The number of fused-ring (bicyclic) bond motifs is 1. The SMILES string of the molecule is CCC1CC1(NC(=O)C1CC(Oc2cc(-c3ccccc3)nc3cc(OC)ccc23)CN1C(=O)C(NC(=O)OC(C)(C)C)C(C)(C)C)C(=O)NS(=O)(=O)C1([Si](C)(C)C)CC1. The van der Waals surface area contributed by atoms with E-state index in [1.807, 2.05) is 75.1 Å². The predicted octanol–water partition coefficient (Wildman–Crippen LogP) is 6.34. The first-order chi connectivity index (χ1) is 27.8. The van der Waals surface area contributed by atoms with E-state index in [0.29, 0.717) is 47.4 Å². The molecule has 0 spiro atoms. The fraction of sp³-hybridized carbons (Fsp3) is 0.568. The van der Waals surface area contributed by atoms with Crippen molar-refractivity contribution in [3.05, 3.63) is 54.6 Å². The number of methoxy groups -OCH3 is 1. The molecule has 3 aromatic rings. The molecule has 6 rings (SSSR count). The fourth-order valence-corrected chi connectivity index (χ4v) is 14.7. The molecule has 14 nitrogen and oxygen atoms in total. The van der Waals surface area contributed by atoms with Crippen molar-refractivity contribution in [2.24, 2.45) is 11.3 Å². The van der Waals surface area contributed by atoms with Crippen molar-refractivity contribution >= 4 is 52.8 Å². The molecular formula is C44H61N5O9SSi. The number of rotatable bonds is 13. The number of ether oxygens (including phenoxy) is 3. The number of alkyl carbamates (subject to hydrolysis) is 1. The van der Waals surface area contributed by atoms with E-state index < -0.39 is 81.0 Å². The maximum atomic E-state index is 14.8. The van der Waals surface area contributed by atoms with Gasteiger partial charge in [0.2, 0.25) is 21.8 Å². The third kappa shape index (κ3) is 9.00. The maximum absolute atomic E-state index is 14.8. The Morgan fingerprint density at radius 2 is 1.65 bits per heavy atom. The number of nitrogens with zero attached hydrogens (tertiary/aromatic N) is 2. The highest BCUT2D eigenvalue weighted by molar-refractivity contribution is 7.93. The van der Waals surface area contributed by atoms with Gasteiger partial charge in [-0.15, -0.1) is 0 Å².